The van der Waals surface area contributed by atoms with Crippen LogP contribution in [-0.4, -0.2) is 50.5 Å². The first-order valence-corrected chi connectivity index (χ1v) is 10.8. The van der Waals surface area contributed by atoms with Gasteiger partial charge in [-0.1, -0.05) is 13.8 Å². The minimum absolute atomic E-state index is 0.0350. The number of fused-ring (bicyclic) bond motifs is 1. The molecule has 2 amide bonds. The number of rotatable bonds is 6. The number of aromatic hydroxyl groups is 1. The number of phenolic OH excluding ortho intramolecular Hbond substituents is 1. The van der Waals surface area contributed by atoms with Crippen LogP contribution in [0.1, 0.15) is 34.1 Å². The summed E-state index contributed by atoms with van der Waals surface area (Å²) in [6.07, 6.45) is 0.940. The molecule has 0 bridgehead atoms. The first-order chi connectivity index (χ1) is 14.6. The van der Waals surface area contributed by atoms with E-state index in [9.17, 15) is 18.9 Å². The van der Waals surface area contributed by atoms with Crippen molar-refractivity contribution in [2.75, 3.05) is 22.3 Å². The van der Waals surface area contributed by atoms with Gasteiger partial charge in [-0.25, -0.2) is 18.4 Å². The molecule has 0 radical (unpaired) electrons. The highest BCUT2D eigenvalue weighted by Crippen LogP contribution is 2.37. The molecule has 31 heavy (non-hydrogen) atoms. The second-order valence-electron chi connectivity index (χ2n) is 7.73. The van der Waals surface area contributed by atoms with E-state index in [1.54, 1.807) is 13.8 Å². The summed E-state index contributed by atoms with van der Waals surface area (Å²) < 4.78 is 35.7. The second-order valence-corrected chi connectivity index (χ2v) is 8.88. The molecule has 2 aromatic rings. The topological polar surface area (TPSA) is 125 Å². The van der Waals surface area contributed by atoms with E-state index in [4.69, 9.17) is 4.74 Å². The Morgan fingerprint density at radius 3 is 2.71 bits per heavy atom. The number of aromatic nitrogens is 2. The number of benzene rings is 1. The number of anilines is 2. The predicted octanol–water partition coefficient (Wildman–Crippen LogP) is 2.39. The minimum Gasteiger partial charge on any atom is -0.506 e. The van der Waals surface area contributed by atoms with E-state index in [-0.39, 0.29) is 29.5 Å². The first kappa shape index (κ1) is 22.7. The van der Waals surface area contributed by atoms with Crippen molar-refractivity contribution in [1.29, 1.82) is 0 Å². The van der Waals surface area contributed by atoms with Crippen LogP contribution in [0.2, 0.25) is 0 Å². The monoisotopic (exact) mass is 453 g/mol. The molecule has 0 saturated carbocycles. The Balaban J connectivity index is 2.07. The van der Waals surface area contributed by atoms with Crippen LogP contribution in [0.3, 0.4) is 0 Å². The standard InChI is InChI=1S/C19H24FN5O5S/c1-10(2)5-6-24(19(28)30-11(3)4)14-8-21-12-7-13(26)18(16(20)17(12)22-14)25-9-15(27)23-31(25)29/h7-8,10-11,26H,5-6,9H2,1-4H3,(H,23,27). The maximum Gasteiger partial charge on any atom is 0.415 e. The molecule has 1 saturated heterocycles. The van der Waals surface area contributed by atoms with Gasteiger partial charge in [0.05, 0.1) is 17.8 Å². The number of halogens is 1. The van der Waals surface area contributed by atoms with E-state index in [0.717, 1.165) is 10.4 Å². The fourth-order valence-electron chi connectivity index (χ4n) is 2.93. The molecular weight excluding hydrogens is 429 g/mol. The molecule has 0 aliphatic carbocycles. The van der Waals surface area contributed by atoms with Gasteiger partial charge in [0, 0.05) is 12.6 Å². The van der Waals surface area contributed by atoms with E-state index >= 15 is 4.39 Å². The lowest BCUT2D eigenvalue weighted by Gasteiger charge is -2.23. The molecule has 1 fully saturated rings. The van der Waals surface area contributed by atoms with E-state index in [1.807, 2.05) is 13.8 Å². The Hall–Kier alpha value is -3.02. The fraction of sp³-hybridized carbons (Fsp3) is 0.474. The number of nitrogens with zero attached hydrogens (tertiary/aromatic N) is 4. The van der Waals surface area contributed by atoms with E-state index in [0.29, 0.717) is 12.3 Å². The first-order valence-electron chi connectivity index (χ1n) is 9.73. The van der Waals surface area contributed by atoms with Crippen LogP contribution in [0, 0.1) is 11.7 Å². The van der Waals surface area contributed by atoms with Crippen molar-refractivity contribution in [2.45, 2.75) is 40.2 Å². The largest absolute Gasteiger partial charge is 0.506 e. The van der Waals surface area contributed by atoms with E-state index < -0.39 is 47.0 Å². The summed E-state index contributed by atoms with van der Waals surface area (Å²) in [6.45, 7) is 7.31. The highest BCUT2D eigenvalue weighted by molar-refractivity contribution is 7.85. The third-order valence-electron chi connectivity index (χ3n) is 4.42. The molecule has 1 aromatic heterocycles. The highest BCUT2D eigenvalue weighted by atomic mass is 32.2. The number of nitrogens with one attached hydrogen (secondary N) is 1. The maximum atomic E-state index is 15.3. The van der Waals surface area contributed by atoms with Gasteiger partial charge in [0.25, 0.3) is 5.91 Å². The Labute approximate surface area is 181 Å². The van der Waals surface area contributed by atoms with Crippen LogP contribution in [-0.2, 0) is 20.7 Å². The van der Waals surface area contributed by atoms with Gasteiger partial charge in [0.15, 0.2) is 11.6 Å². The zero-order chi connectivity index (χ0) is 22.9. The number of carbonyl (C=O) groups is 2. The zero-order valence-corrected chi connectivity index (χ0v) is 18.4. The van der Waals surface area contributed by atoms with Crippen LogP contribution < -0.4 is 13.9 Å². The van der Waals surface area contributed by atoms with Crippen LogP contribution in [0.4, 0.5) is 20.7 Å². The summed E-state index contributed by atoms with van der Waals surface area (Å²) in [5.74, 6) is -1.75. The maximum absolute atomic E-state index is 15.3. The lowest BCUT2D eigenvalue weighted by Crippen LogP contribution is -2.35. The molecule has 2 heterocycles. The molecule has 2 N–H and O–H groups in total. The molecular formula is C19H24FN5O5S. The fourth-order valence-corrected chi connectivity index (χ4v) is 3.88. The molecule has 1 aliphatic rings. The van der Waals surface area contributed by atoms with Crippen molar-refractivity contribution in [2.24, 2.45) is 5.92 Å². The number of amides is 2. The number of ether oxygens (including phenoxy) is 1. The van der Waals surface area contributed by atoms with E-state index in [1.165, 1.54) is 11.1 Å². The SMILES string of the molecule is CC(C)CCN(C(=O)OC(C)C)c1cnc2cc(O)c(N3CC(=O)NS3=O)c(F)c2n1. The lowest BCUT2D eigenvalue weighted by atomic mass is 10.1. The zero-order valence-electron chi connectivity index (χ0n) is 17.6. The van der Waals surface area contributed by atoms with Gasteiger partial charge >= 0.3 is 6.09 Å². The number of phenols is 1. The van der Waals surface area contributed by atoms with Gasteiger partial charge in [0.1, 0.15) is 23.5 Å². The quantitative estimate of drug-likeness (QED) is 0.688. The number of hydrogen-bond acceptors (Lipinski definition) is 7. The van der Waals surface area contributed by atoms with Gasteiger partial charge in [-0.3, -0.25) is 23.7 Å². The van der Waals surface area contributed by atoms with Crippen molar-refractivity contribution in [1.82, 2.24) is 14.7 Å². The number of hydrogen-bond donors (Lipinski definition) is 2. The van der Waals surface area contributed by atoms with Crippen molar-refractivity contribution in [3.63, 3.8) is 0 Å². The summed E-state index contributed by atoms with van der Waals surface area (Å²) >= 11 is -2.04. The molecule has 1 unspecified atom stereocenters. The highest BCUT2D eigenvalue weighted by Gasteiger charge is 2.33. The van der Waals surface area contributed by atoms with Gasteiger partial charge in [-0.2, -0.15) is 0 Å². The van der Waals surface area contributed by atoms with Crippen LogP contribution in [0.5, 0.6) is 5.75 Å². The summed E-state index contributed by atoms with van der Waals surface area (Å²) in [5, 5.41) is 10.3. The van der Waals surface area contributed by atoms with Crippen molar-refractivity contribution >= 4 is 45.7 Å². The minimum atomic E-state index is -2.04. The van der Waals surface area contributed by atoms with Gasteiger partial charge < -0.3 is 9.84 Å². The molecule has 168 valence electrons. The Bertz CT molecular complexity index is 1050. The van der Waals surface area contributed by atoms with Gasteiger partial charge in [-0.15, -0.1) is 0 Å². The molecule has 10 nitrogen and oxygen atoms in total. The van der Waals surface area contributed by atoms with Crippen LogP contribution in [0.15, 0.2) is 12.3 Å². The predicted molar refractivity (Wildman–Crippen MR) is 113 cm³/mol. The molecule has 3 rings (SSSR count). The summed E-state index contributed by atoms with van der Waals surface area (Å²) in [5.41, 5.74) is -0.643. The van der Waals surface area contributed by atoms with Crippen molar-refractivity contribution in [3.8, 4) is 5.75 Å². The molecule has 12 heteroatoms. The second kappa shape index (κ2) is 9.00. The third kappa shape index (κ3) is 4.84. The van der Waals surface area contributed by atoms with Crippen molar-refractivity contribution < 1.29 is 28.0 Å². The number of carbonyl (C=O) groups excluding carboxylic acids is 2. The van der Waals surface area contributed by atoms with Gasteiger partial charge in [-0.05, 0) is 26.2 Å². The molecule has 1 atom stereocenters. The van der Waals surface area contributed by atoms with Crippen molar-refractivity contribution in [3.05, 3.63) is 18.1 Å². The molecule has 0 spiro atoms. The summed E-state index contributed by atoms with van der Waals surface area (Å²) in [6, 6.07) is 1.16. The molecule has 1 aromatic carbocycles. The Morgan fingerprint density at radius 1 is 1.42 bits per heavy atom. The lowest BCUT2D eigenvalue weighted by molar-refractivity contribution is -0.117. The third-order valence-corrected chi connectivity index (χ3v) is 5.54. The Kier molecular flexibility index (Phi) is 6.58. The van der Waals surface area contributed by atoms with Crippen LogP contribution >= 0.6 is 0 Å². The average Bonchev–Trinajstić information content (AvgIpc) is 2.99. The smallest absolute Gasteiger partial charge is 0.415 e. The van der Waals surface area contributed by atoms with E-state index in [2.05, 4.69) is 14.7 Å². The molecule has 1 aliphatic heterocycles. The Morgan fingerprint density at radius 2 is 2.13 bits per heavy atom. The average molecular weight is 453 g/mol. The summed E-state index contributed by atoms with van der Waals surface area (Å²) in [4.78, 5) is 33.8. The summed E-state index contributed by atoms with van der Waals surface area (Å²) in [7, 11) is 0. The van der Waals surface area contributed by atoms with Crippen LogP contribution in [0.25, 0.3) is 11.0 Å². The normalized spacial score (nSPS) is 16.3. The van der Waals surface area contributed by atoms with Gasteiger partial charge in [0.2, 0.25) is 11.2 Å².